The van der Waals surface area contributed by atoms with Crippen LogP contribution in [0.3, 0.4) is 0 Å². The van der Waals surface area contributed by atoms with E-state index in [0.29, 0.717) is 5.69 Å². The molecule has 6 heteroatoms. The van der Waals surface area contributed by atoms with Crippen LogP contribution in [0.2, 0.25) is 0 Å². The Morgan fingerprint density at radius 1 is 1.04 bits per heavy atom. The van der Waals surface area contributed by atoms with Gasteiger partial charge in [0.25, 0.3) is 0 Å². The fourth-order valence-corrected chi connectivity index (χ4v) is 2.36. The van der Waals surface area contributed by atoms with Crippen LogP contribution in [0.5, 0.6) is 0 Å². The summed E-state index contributed by atoms with van der Waals surface area (Å²) in [6, 6.07) is 13.3. The van der Waals surface area contributed by atoms with E-state index >= 15 is 0 Å². The molecule has 0 aliphatic carbocycles. The van der Waals surface area contributed by atoms with Crippen molar-refractivity contribution in [1.82, 2.24) is 5.43 Å². The second kappa shape index (κ2) is 8.31. The van der Waals surface area contributed by atoms with Crippen LogP contribution in [0.15, 0.2) is 52.5 Å². The number of carbonyl (C=O) groups excluding carboxylic acids is 2. The third-order valence-electron chi connectivity index (χ3n) is 3.34. The summed E-state index contributed by atoms with van der Waals surface area (Å²) in [6.07, 6.45) is 3.49. The van der Waals surface area contributed by atoms with Crippen molar-refractivity contribution in [3.05, 3.63) is 59.2 Å². The van der Waals surface area contributed by atoms with Crippen molar-refractivity contribution >= 4 is 35.5 Å². The van der Waals surface area contributed by atoms with Gasteiger partial charge in [0, 0.05) is 10.6 Å². The molecule has 2 amide bonds. The third kappa shape index (κ3) is 4.96. The van der Waals surface area contributed by atoms with Gasteiger partial charge in [-0.05, 0) is 55.0 Å². The molecule has 0 radical (unpaired) electrons. The molecule has 0 bridgehead atoms. The Labute approximate surface area is 145 Å². The van der Waals surface area contributed by atoms with Gasteiger partial charge in [0.2, 0.25) is 0 Å². The minimum absolute atomic E-state index is 0.617. The first-order valence-corrected chi connectivity index (χ1v) is 8.58. The van der Waals surface area contributed by atoms with Crippen LogP contribution in [-0.4, -0.2) is 24.3 Å². The molecular weight excluding hydrogens is 322 g/mol. The van der Waals surface area contributed by atoms with E-state index in [4.69, 9.17) is 0 Å². The third-order valence-corrected chi connectivity index (χ3v) is 4.09. The summed E-state index contributed by atoms with van der Waals surface area (Å²) in [4.78, 5) is 24.8. The Hall–Kier alpha value is -2.60. The summed E-state index contributed by atoms with van der Waals surface area (Å²) >= 11 is 1.65. The highest BCUT2D eigenvalue weighted by Gasteiger charge is 2.13. The Kier molecular flexibility index (Phi) is 6.14. The van der Waals surface area contributed by atoms with Gasteiger partial charge in [0.15, 0.2) is 0 Å². The van der Waals surface area contributed by atoms with Gasteiger partial charge in [-0.2, -0.15) is 5.10 Å². The zero-order valence-corrected chi connectivity index (χ0v) is 14.6. The van der Waals surface area contributed by atoms with Crippen molar-refractivity contribution in [3.63, 3.8) is 0 Å². The molecule has 0 aliphatic heterocycles. The molecule has 2 aromatic carbocycles. The quantitative estimate of drug-likeness (QED) is 0.388. The normalized spacial score (nSPS) is 10.6. The molecular formula is C18H19N3O2S. The summed E-state index contributed by atoms with van der Waals surface area (Å²) in [6.45, 7) is 3.78. The van der Waals surface area contributed by atoms with Crippen molar-refractivity contribution < 1.29 is 9.59 Å². The number of hydrogen-bond acceptors (Lipinski definition) is 4. The van der Waals surface area contributed by atoms with Gasteiger partial charge in [0.05, 0.1) is 6.21 Å². The molecule has 24 heavy (non-hydrogen) atoms. The number of amides is 2. The molecule has 0 heterocycles. The van der Waals surface area contributed by atoms with E-state index in [-0.39, 0.29) is 0 Å². The molecule has 0 saturated heterocycles. The minimum atomic E-state index is -0.812. The van der Waals surface area contributed by atoms with E-state index < -0.39 is 11.8 Å². The number of benzene rings is 2. The van der Waals surface area contributed by atoms with Gasteiger partial charge in [0.1, 0.15) is 0 Å². The molecule has 0 atom stereocenters. The van der Waals surface area contributed by atoms with Crippen molar-refractivity contribution in [2.45, 2.75) is 18.7 Å². The SMILES string of the molecule is CSc1ccc(/C=N\NC(=O)C(=O)Nc2cc(C)ccc2C)cc1. The highest BCUT2D eigenvalue weighted by Crippen LogP contribution is 2.16. The lowest BCUT2D eigenvalue weighted by Gasteiger charge is -2.08. The minimum Gasteiger partial charge on any atom is -0.317 e. The van der Waals surface area contributed by atoms with Crippen molar-refractivity contribution in [3.8, 4) is 0 Å². The number of nitrogens with one attached hydrogen (secondary N) is 2. The molecule has 5 nitrogen and oxygen atoms in total. The number of aryl methyl sites for hydroxylation is 2. The van der Waals surface area contributed by atoms with E-state index in [9.17, 15) is 9.59 Å². The van der Waals surface area contributed by atoms with Gasteiger partial charge >= 0.3 is 11.8 Å². The fraction of sp³-hybridized carbons (Fsp3) is 0.167. The van der Waals surface area contributed by atoms with Crippen molar-refractivity contribution in [1.29, 1.82) is 0 Å². The summed E-state index contributed by atoms with van der Waals surface area (Å²) in [5.74, 6) is -1.56. The highest BCUT2D eigenvalue weighted by atomic mass is 32.2. The van der Waals surface area contributed by atoms with Crippen LogP contribution in [0.4, 0.5) is 5.69 Å². The lowest BCUT2D eigenvalue weighted by molar-refractivity contribution is -0.136. The number of rotatable bonds is 4. The first-order chi connectivity index (χ1) is 11.5. The van der Waals surface area contributed by atoms with Crippen LogP contribution < -0.4 is 10.7 Å². The van der Waals surface area contributed by atoms with Crippen LogP contribution in [0.25, 0.3) is 0 Å². The standard InChI is InChI=1S/C18H19N3O2S/c1-12-4-5-13(2)16(10-12)20-17(22)18(23)21-19-11-14-6-8-15(24-3)9-7-14/h4-11H,1-3H3,(H,20,22)(H,21,23)/b19-11-. The van der Waals surface area contributed by atoms with E-state index in [0.717, 1.165) is 21.6 Å². The zero-order chi connectivity index (χ0) is 17.5. The Balaban J connectivity index is 1.92. The summed E-state index contributed by atoms with van der Waals surface area (Å²) in [7, 11) is 0. The molecule has 0 fully saturated rings. The molecule has 0 saturated carbocycles. The van der Waals surface area contributed by atoms with Crippen molar-refractivity contribution in [2.75, 3.05) is 11.6 Å². The average Bonchev–Trinajstić information content (AvgIpc) is 2.58. The van der Waals surface area contributed by atoms with Crippen LogP contribution in [0.1, 0.15) is 16.7 Å². The summed E-state index contributed by atoms with van der Waals surface area (Å²) in [5, 5.41) is 6.39. The highest BCUT2D eigenvalue weighted by molar-refractivity contribution is 7.98. The Morgan fingerprint density at radius 3 is 2.42 bits per heavy atom. The molecule has 0 unspecified atom stereocenters. The molecule has 0 spiro atoms. The largest absolute Gasteiger partial charge is 0.329 e. The van der Waals surface area contributed by atoms with Crippen molar-refractivity contribution in [2.24, 2.45) is 5.10 Å². The molecule has 2 rings (SSSR count). The van der Waals surface area contributed by atoms with E-state index in [1.165, 1.54) is 6.21 Å². The maximum absolute atomic E-state index is 11.9. The second-order valence-electron chi connectivity index (χ2n) is 5.24. The number of hydrazone groups is 1. The smallest absolute Gasteiger partial charge is 0.317 e. The number of hydrogen-bond donors (Lipinski definition) is 2. The van der Waals surface area contributed by atoms with E-state index in [2.05, 4.69) is 15.8 Å². The van der Waals surface area contributed by atoms with Gasteiger partial charge in [-0.3, -0.25) is 9.59 Å². The fourth-order valence-electron chi connectivity index (χ4n) is 1.96. The van der Waals surface area contributed by atoms with E-state index in [1.807, 2.05) is 62.6 Å². The summed E-state index contributed by atoms with van der Waals surface area (Å²) < 4.78 is 0. The topological polar surface area (TPSA) is 70.6 Å². The molecule has 2 aromatic rings. The first kappa shape index (κ1) is 17.7. The predicted molar refractivity (Wildman–Crippen MR) is 98.5 cm³/mol. The average molecular weight is 341 g/mol. The number of anilines is 1. The molecule has 0 aromatic heterocycles. The van der Waals surface area contributed by atoms with Gasteiger partial charge in [-0.15, -0.1) is 11.8 Å². The van der Waals surface area contributed by atoms with Crippen LogP contribution >= 0.6 is 11.8 Å². The monoisotopic (exact) mass is 341 g/mol. The first-order valence-electron chi connectivity index (χ1n) is 7.35. The number of thioether (sulfide) groups is 1. The Morgan fingerprint density at radius 2 is 1.75 bits per heavy atom. The number of nitrogens with zero attached hydrogens (tertiary/aromatic N) is 1. The lowest BCUT2D eigenvalue weighted by Crippen LogP contribution is -2.32. The zero-order valence-electron chi connectivity index (χ0n) is 13.8. The maximum atomic E-state index is 11.9. The number of carbonyl (C=O) groups is 2. The Bertz CT molecular complexity index is 770. The lowest BCUT2D eigenvalue weighted by atomic mass is 10.1. The van der Waals surface area contributed by atoms with Gasteiger partial charge in [-0.1, -0.05) is 24.3 Å². The summed E-state index contributed by atoms with van der Waals surface area (Å²) in [5.41, 5.74) is 5.57. The molecule has 2 N–H and O–H groups in total. The van der Waals surface area contributed by atoms with E-state index in [1.54, 1.807) is 11.8 Å². The molecule has 124 valence electrons. The molecule has 0 aliphatic rings. The van der Waals surface area contributed by atoms with Crippen LogP contribution in [-0.2, 0) is 9.59 Å². The maximum Gasteiger partial charge on any atom is 0.329 e. The predicted octanol–water partition coefficient (Wildman–Crippen LogP) is 3.11. The van der Waals surface area contributed by atoms with Gasteiger partial charge in [-0.25, -0.2) is 5.43 Å². The second-order valence-corrected chi connectivity index (χ2v) is 6.12. The van der Waals surface area contributed by atoms with Gasteiger partial charge < -0.3 is 5.32 Å². The van der Waals surface area contributed by atoms with Crippen LogP contribution in [0, 0.1) is 13.8 Å².